The molecule has 2 rings (SSSR count). The lowest BCUT2D eigenvalue weighted by atomic mass is 10.2. The minimum absolute atomic E-state index is 0.0442. The molecular weight excluding hydrogens is 391 g/mol. The number of halogens is 5. The Labute approximate surface area is 155 Å². The van der Waals surface area contributed by atoms with Gasteiger partial charge >= 0.3 is 13.2 Å². The minimum atomic E-state index is -3.22. The van der Waals surface area contributed by atoms with Crippen LogP contribution in [0.5, 0.6) is 17.2 Å². The number of nitrogens with zero attached hydrogens (tertiary/aromatic N) is 1. The highest BCUT2D eigenvalue weighted by atomic mass is 19.3. The molecular formula is C17H13F5N2O4. The summed E-state index contributed by atoms with van der Waals surface area (Å²) >= 11 is 0. The van der Waals surface area contributed by atoms with Crippen LogP contribution < -0.4 is 19.6 Å². The average Bonchev–Trinajstić information content (AvgIpc) is 2.62. The van der Waals surface area contributed by atoms with Crippen LogP contribution in [0.2, 0.25) is 0 Å². The van der Waals surface area contributed by atoms with Crippen molar-refractivity contribution in [2.45, 2.75) is 13.2 Å². The second kappa shape index (κ2) is 10.1. The number of alkyl halides is 4. The van der Waals surface area contributed by atoms with Gasteiger partial charge in [0.25, 0.3) is 5.91 Å². The van der Waals surface area contributed by atoms with Gasteiger partial charge in [0, 0.05) is 11.6 Å². The SMILES string of the molecule is O=C(COc1ccccc1F)N/N=C/c1ccc(OC(F)F)cc1OC(F)F. The van der Waals surface area contributed by atoms with Crippen molar-refractivity contribution in [1.82, 2.24) is 5.43 Å². The quantitative estimate of drug-likeness (QED) is 0.394. The zero-order valence-electron chi connectivity index (χ0n) is 14.0. The third-order valence-electron chi connectivity index (χ3n) is 3.01. The summed E-state index contributed by atoms with van der Waals surface area (Å²) < 4.78 is 76.0. The monoisotopic (exact) mass is 404 g/mol. The second-order valence-corrected chi connectivity index (χ2v) is 4.97. The first-order valence-corrected chi connectivity index (χ1v) is 7.58. The molecule has 0 atom stereocenters. The van der Waals surface area contributed by atoms with E-state index in [1.165, 1.54) is 18.2 Å². The lowest BCUT2D eigenvalue weighted by Crippen LogP contribution is -2.24. The predicted octanol–water partition coefficient (Wildman–Crippen LogP) is 3.56. The van der Waals surface area contributed by atoms with Gasteiger partial charge in [0.05, 0.1) is 6.21 Å². The zero-order valence-corrected chi connectivity index (χ0v) is 14.0. The number of carbonyl (C=O) groups excluding carboxylic acids is 1. The van der Waals surface area contributed by atoms with E-state index in [-0.39, 0.29) is 11.3 Å². The summed E-state index contributed by atoms with van der Waals surface area (Å²) in [7, 11) is 0. The third-order valence-corrected chi connectivity index (χ3v) is 3.01. The first-order chi connectivity index (χ1) is 13.3. The topological polar surface area (TPSA) is 69.2 Å². The van der Waals surface area contributed by atoms with Crippen LogP contribution >= 0.6 is 0 Å². The van der Waals surface area contributed by atoms with E-state index < -0.39 is 43.1 Å². The van der Waals surface area contributed by atoms with Crippen molar-refractivity contribution in [1.29, 1.82) is 0 Å². The number of hydrazone groups is 1. The first kappa shape index (κ1) is 20.9. The van der Waals surface area contributed by atoms with E-state index in [1.54, 1.807) is 0 Å². The molecule has 0 radical (unpaired) electrons. The van der Waals surface area contributed by atoms with Gasteiger partial charge in [0.15, 0.2) is 18.2 Å². The molecule has 0 heterocycles. The van der Waals surface area contributed by atoms with Crippen molar-refractivity contribution in [3.05, 3.63) is 53.8 Å². The van der Waals surface area contributed by atoms with Crippen LogP contribution in [0.1, 0.15) is 5.56 Å². The predicted molar refractivity (Wildman–Crippen MR) is 87.3 cm³/mol. The van der Waals surface area contributed by atoms with Crippen LogP contribution in [0.4, 0.5) is 22.0 Å². The fourth-order valence-corrected chi connectivity index (χ4v) is 1.91. The zero-order chi connectivity index (χ0) is 20.5. The van der Waals surface area contributed by atoms with Crippen LogP contribution in [0, 0.1) is 5.82 Å². The van der Waals surface area contributed by atoms with Crippen LogP contribution in [-0.4, -0.2) is 32.0 Å². The number of ether oxygens (including phenoxy) is 3. The average molecular weight is 404 g/mol. The Balaban J connectivity index is 1.98. The summed E-state index contributed by atoms with van der Waals surface area (Å²) in [4.78, 5) is 11.6. The first-order valence-electron chi connectivity index (χ1n) is 7.58. The molecule has 0 aliphatic rings. The second-order valence-electron chi connectivity index (χ2n) is 4.97. The molecule has 1 N–H and O–H groups in total. The smallest absolute Gasteiger partial charge is 0.387 e. The molecule has 0 saturated carbocycles. The number of amides is 1. The number of rotatable bonds is 9. The molecule has 6 nitrogen and oxygen atoms in total. The Bertz CT molecular complexity index is 833. The van der Waals surface area contributed by atoms with Gasteiger partial charge in [-0.2, -0.15) is 22.7 Å². The third kappa shape index (κ3) is 6.74. The van der Waals surface area contributed by atoms with Crippen molar-refractivity contribution in [3.8, 4) is 17.2 Å². The number of benzene rings is 2. The minimum Gasteiger partial charge on any atom is -0.481 e. The van der Waals surface area contributed by atoms with Gasteiger partial charge in [-0.25, -0.2) is 9.82 Å². The van der Waals surface area contributed by atoms with Crippen molar-refractivity contribution in [3.63, 3.8) is 0 Å². The maximum atomic E-state index is 13.4. The molecule has 28 heavy (non-hydrogen) atoms. The number of para-hydroxylation sites is 1. The van der Waals surface area contributed by atoms with Gasteiger partial charge < -0.3 is 14.2 Å². The van der Waals surface area contributed by atoms with E-state index in [0.717, 1.165) is 30.5 Å². The largest absolute Gasteiger partial charge is 0.481 e. The maximum Gasteiger partial charge on any atom is 0.387 e. The number of hydrogen-bond acceptors (Lipinski definition) is 5. The molecule has 0 bridgehead atoms. The molecule has 150 valence electrons. The van der Waals surface area contributed by atoms with Crippen LogP contribution in [-0.2, 0) is 4.79 Å². The van der Waals surface area contributed by atoms with Crippen molar-refractivity contribution >= 4 is 12.1 Å². The number of carbonyl (C=O) groups is 1. The van der Waals surface area contributed by atoms with Crippen LogP contribution in [0.3, 0.4) is 0 Å². The molecule has 0 spiro atoms. The summed E-state index contributed by atoms with van der Waals surface area (Å²) in [6.07, 6.45) is 0.949. The maximum absolute atomic E-state index is 13.4. The molecule has 0 unspecified atom stereocenters. The van der Waals surface area contributed by atoms with E-state index in [1.807, 2.05) is 5.43 Å². The number of nitrogens with one attached hydrogen (secondary N) is 1. The molecule has 1 amide bonds. The fourth-order valence-electron chi connectivity index (χ4n) is 1.91. The molecule has 0 saturated heterocycles. The molecule has 2 aromatic rings. The summed E-state index contributed by atoms with van der Waals surface area (Å²) in [5.74, 6) is -2.44. The Hall–Kier alpha value is -3.37. The van der Waals surface area contributed by atoms with E-state index >= 15 is 0 Å². The van der Waals surface area contributed by atoms with Crippen molar-refractivity contribution in [2.24, 2.45) is 5.10 Å². The summed E-state index contributed by atoms with van der Waals surface area (Å²) in [6, 6.07) is 8.46. The molecule has 11 heteroatoms. The molecule has 0 aromatic heterocycles. The Morgan fingerprint density at radius 1 is 1.04 bits per heavy atom. The van der Waals surface area contributed by atoms with Crippen molar-refractivity contribution < 1.29 is 41.0 Å². The Kier molecular flexibility index (Phi) is 7.55. The van der Waals surface area contributed by atoms with Gasteiger partial charge in [-0.3, -0.25) is 4.79 Å². The van der Waals surface area contributed by atoms with Gasteiger partial charge in [0.1, 0.15) is 11.5 Å². The van der Waals surface area contributed by atoms with Crippen LogP contribution in [0.25, 0.3) is 0 Å². The molecule has 2 aromatic carbocycles. The van der Waals surface area contributed by atoms with E-state index in [9.17, 15) is 26.7 Å². The van der Waals surface area contributed by atoms with Crippen LogP contribution in [0.15, 0.2) is 47.6 Å². The summed E-state index contributed by atoms with van der Waals surface area (Å²) in [5.41, 5.74) is 1.99. The van der Waals surface area contributed by atoms with Gasteiger partial charge in [-0.15, -0.1) is 0 Å². The molecule has 0 fully saturated rings. The van der Waals surface area contributed by atoms with Gasteiger partial charge in [-0.05, 0) is 24.3 Å². The fraction of sp³-hybridized carbons (Fsp3) is 0.176. The molecule has 0 aliphatic heterocycles. The standard InChI is InChI=1S/C17H13F5N2O4/c18-12-3-1-2-4-13(12)26-9-15(25)24-23-8-10-5-6-11(27-16(19)20)7-14(10)28-17(21)22/h1-8,16-17H,9H2,(H,24,25)/b23-8+. The van der Waals surface area contributed by atoms with Gasteiger partial charge in [-0.1, -0.05) is 12.1 Å². The summed E-state index contributed by atoms with van der Waals surface area (Å²) in [6.45, 7) is -6.93. The van der Waals surface area contributed by atoms with E-state index in [0.29, 0.717) is 0 Å². The Morgan fingerprint density at radius 3 is 2.43 bits per heavy atom. The number of hydrogen-bond donors (Lipinski definition) is 1. The highest BCUT2D eigenvalue weighted by Gasteiger charge is 2.13. The van der Waals surface area contributed by atoms with E-state index in [2.05, 4.69) is 14.6 Å². The van der Waals surface area contributed by atoms with Crippen molar-refractivity contribution in [2.75, 3.05) is 6.61 Å². The highest BCUT2D eigenvalue weighted by Crippen LogP contribution is 2.26. The van der Waals surface area contributed by atoms with Gasteiger partial charge in [0.2, 0.25) is 0 Å². The lowest BCUT2D eigenvalue weighted by Gasteiger charge is -2.10. The summed E-state index contributed by atoms with van der Waals surface area (Å²) in [5, 5.41) is 3.52. The lowest BCUT2D eigenvalue weighted by molar-refractivity contribution is -0.123. The molecule has 0 aliphatic carbocycles. The highest BCUT2D eigenvalue weighted by molar-refractivity contribution is 5.85. The van der Waals surface area contributed by atoms with E-state index in [4.69, 9.17) is 4.74 Å². The normalized spacial score (nSPS) is 11.1. The Morgan fingerprint density at radius 2 is 1.75 bits per heavy atom.